The van der Waals surface area contributed by atoms with Gasteiger partial charge in [-0.15, -0.1) is 0 Å². The number of methoxy groups -OCH3 is 2. The summed E-state index contributed by atoms with van der Waals surface area (Å²) in [4.78, 5) is 46.3. The van der Waals surface area contributed by atoms with Crippen molar-refractivity contribution in [3.8, 4) is 5.88 Å². The molecule has 170 valence electrons. The van der Waals surface area contributed by atoms with Crippen LogP contribution in [-0.2, 0) is 14.3 Å². The van der Waals surface area contributed by atoms with Crippen LogP contribution in [-0.4, -0.2) is 85.6 Å². The first-order valence-electron chi connectivity index (χ1n) is 10.8. The van der Waals surface area contributed by atoms with Gasteiger partial charge in [0, 0.05) is 52.2 Å². The number of aromatic nitrogens is 1. The van der Waals surface area contributed by atoms with Crippen LogP contribution in [0.2, 0.25) is 0 Å². The molecular formula is C22H32N4O5. The summed E-state index contributed by atoms with van der Waals surface area (Å²) in [5, 5.41) is 2.93. The van der Waals surface area contributed by atoms with Gasteiger partial charge in [-0.2, -0.15) is 0 Å². The summed E-state index contributed by atoms with van der Waals surface area (Å²) in [6.07, 6.45) is 3.87. The molecule has 2 aliphatic rings. The number of nitrogens with zero attached hydrogens (tertiary/aromatic N) is 3. The van der Waals surface area contributed by atoms with E-state index in [4.69, 9.17) is 9.47 Å². The molecule has 0 aliphatic carbocycles. The van der Waals surface area contributed by atoms with Crippen LogP contribution in [0.1, 0.15) is 43.0 Å². The number of likely N-dealkylation sites (tertiary alicyclic amines) is 2. The topological polar surface area (TPSA) is 101 Å². The Morgan fingerprint density at radius 1 is 1.26 bits per heavy atom. The summed E-state index contributed by atoms with van der Waals surface area (Å²) in [6, 6.07) is 2.91. The Balaban J connectivity index is 1.62. The molecule has 3 amide bonds. The molecule has 3 rings (SSSR count). The third kappa shape index (κ3) is 4.81. The van der Waals surface area contributed by atoms with Crippen molar-refractivity contribution in [1.29, 1.82) is 0 Å². The molecule has 0 saturated carbocycles. The molecule has 31 heavy (non-hydrogen) atoms. The Morgan fingerprint density at radius 3 is 2.58 bits per heavy atom. The van der Waals surface area contributed by atoms with Gasteiger partial charge in [-0.05, 0) is 38.7 Å². The van der Waals surface area contributed by atoms with Crippen molar-refractivity contribution in [3.63, 3.8) is 0 Å². The maximum absolute atomic E-state index is 13.2. The molecule has 1 aromatic rings. The Labute approximate surface area is 183 Å². The molecule has 1 unspecified atom stereocenters. The van der Waals surface area contributed by atoms with E-state index >= 15 is 0 Å². The first-order valence-corrected chi connectivity index (χ1v) is 10.8. The number of ether oxygens (including phenoxy) is 2. The van der Waals surface area contributed by atoms with E-state index in [1.165, 1.54) is 13.3 Å². The van der Waals surface area contributed by atoms with E-state index in [0.29, 0.717) is 63.5 Å². The van der Waals surface area contributed by atoms with Crippen molar-refractivity contribution in [2.45, 2.75) is 38.6 Å². The quantitative estimate of drug-likeness (QED) is 0.617. The zero-order valence-electron chi connectivity index (χ0n) is 18.6. The summed E-state index contributed by atoms with van der Waals surface area (Å²) < 4.78 is 10.1. The smallest absolute Gasteiger partial charge is 0.255 e. The molecule has 2 aliphatic heterocycles. The van der Waals surface area contributed by atoms with Gasteiger partial charge in [0.15, 0.2) is 0 Å². The summed E-state index contributed by atoms with van der Waals surface area (Å²) in [7, 11) is 3.15. The minimum absolute atomic E-state index is 0.0326. The molecule has 9 nitrogen and oxygen atoms in total. The van der Waals surface area contributed by atoms with E-state index in [2.05, 4.69) is 10.3 Å². The van der Waals surface area contributed by atoms with Crippen molar-refractivity contribution >= 4 is 17.7 Å². The Morgan fingerprint density at radius 2 is 2.00 bits per heavy atom. The number of piperidine rings is 1. The van der Waals surface area contributed by atoms with Crippen molar-refractivity contribution in [2.24, 2.45) is 5.41 Å². The predicted molar refractivity (Wildman–Crippen MR) is 114 cm³/mol. The number of carbonyl (C=O) groups is 3. The number of nitrogens with one attached hydrogen (secondary N) is 1. The van der Waals surface area contributed by atoms with Gasteiger partial charge in [-0.3, -0.25) is 14.4 Å². The normalized spacial score (nSPS) is 20.2. The first kappa shape index (κ1) is 23.0. The number of likely N-dealkylation sites (N-methyl/N-ethyl adjacent to an activating group) is 1. The van der Waals surface area contributed by atoms with E-state index in [9.17, 15) is 14.4 Å². The monoisotopic (exact) mass is 432 g/mol. The van der Waals surface area contributed by atoms with Crippen molar-refractivity contribution in [3.05, 3.63) is 23.9 Å². The molecule has 0 aromatic carbocycles. The van der Waals surface area contributed by atoms with Crippen LogP contribution in [0.3, 0.4) is 0 Å². The van der Waals surface area contributed by atoms with Crippen molar-refractivity contribution < 1.29 is 23.9 Å². The van der Waals surface area contributed by atoms with Gasteiger partial charge >= 0.3 is 0 Å². The van der Waals surface area contributed by atoms with Crippen LogP contribution in [0.15, 0.2) is 18.3 Å². The molecule has 1 aromatic heterocycles. The van der Waals surface area contributed by atoms with Crippen LogP contribution in [0.5, 0.6) is 5.88 Å². The predicted octanol–water partition coefficient (Wildman–Crippen LogP) is 1.09. The number of amides is 3. The lowest BCUT2D eigenvalue weighted by Crippen LogP contribution is -2.47. The Bertz CT molecular complexity index is 790. The van der Waals surface area contributed by atoms with Gasteiger partial charge < -0.3 is 24.6 Å². The highest BCUT2D eigenvalue weighted by Gasteiger charge is 2.54. The van der Waals surface area contributed by atoms with Crippen LogP contribution >= 0.6 is 0 Å². The van der Waals surface area contributed by atoms with Crippen molar-refractivity contribution in [1.82, 2.24) is 20.1 Å². The zero-order valence-corrected chi connectivity index (χ0v) is 18.6. The van der Waals surface area contributed by atoms with Gasteiger partial charge in [0.2, 0.25) is 17.7 Å². The minimum atomic E-state index is -0.570. The summed E-state index contributed by atoms with van der Waals surface area (Å²) in [6.45, 7) is 4.47. The van der Waals surface area contributed by atoms with Crippen LogP contribution in [0.25, 0.3) is 0 Å². The van der Waals surface area contributed by atoms with E-state index < -0.39 is 11.5 Å². The van der Waals surface area contributed by atoms with E-state index in [1.807, 2.05) is 6.92 Å². The Kier molecular flexibility index (Phi) is 7.48. The zero-order chi connectivity index (χ0) is 22.4. The standard InChI is InChI=1S/C22H32N4O5/c1-4-26-17(19(27)23-10-5-13-30-2)14-22(21(26)29)8-11-25(12-9-22)20(28)16-6-7-18(31-3)24-15-16/h6-7,15,17H,4-5,8-14H2,1-3H3,(H,23,27). The molecule has 0 radical (unpaired) electrons. The highest BCUT2D eigenvalue weighted by atomic mass is 16.5. The average Bonchev–Trinajstić information content (AvgIpc) is 3.08. The minimum Gasteiger partial charge on any atom is -0.481 e. The fourth-order valence-corrected chi connectivity index (χ4v) is 4.52. The van der Waals surface area contributed by atoms with Gasteiger partial charge in [0.25, 0.3) is 5.91 Å². The Hall–Kier alpha value is -2.68. The van der Waals surface area contributed by atoms with Gasteiger partial charge in [-0.1, -0.05) is 0 Å². The summed E-state index contributed by atoms with van der Waals surface area (Å²) >= 11 is 0. The molecule has 3 heterocycles. The van der Waals surface area contributed by atoms with Crippen LogP contribution < -0.4 is 10.1 Å². The highest BCUT2D eigenvalue weighted by molar-refractivity contribution is 5.96. The number of pyridine rings is 1. The van der Waals surface area contributed by atoms with E-state index in [1.54, 1.807) is 29.0 Å². The molecule has 9 heteroatoms. The molecule has 2 fully saturated rings. The van der Waals surface area contributed by atoms with Gasteiger partial charge in [0.1, 0.15) is 6.04 Å². The maximum atomic E-state index is 13.2. The summed E-state index contributed by atoms with van der Waals surface area (Å²) in [5.41, 5.74) is -0.0718. The van der Waals surface area contributed by atoms with E-state index in [0.717, 1.165) is 6.42 Å². The second-order valence-electron chi connectivity index (χ2n) is 8.11. The van der Waals surface area contributed by atoms with Gasteiger partial charge in [-0.25, -0.2) is 4.98 Å². The molecule has 2 saturated heterocycles. The molecule has 1 spiro atoms. The lowest BCUT2D eigenvalue weighted by atomic mass is 9.75. The molecule has 1 atom stereocenters. The fourth-order valence-electron chi connectivity index (χ4n) is 4.52. The third-order valence-electron chi connectivity index (χ3n) is 6.34. The number of carbonyl (C=O) groups excluding carboxylic acids is 3. The largest absolute Gasteiger partial charge is 0.481 e. The first-order chi connectivity index (χ1) is 15.0. The van der Waals surface area contributed by atoms with E-state index in [-0.39, 0.29) is 17.7 Å². The van der Waals surface area contributed by atoms with Gasteiger partial charge in [0.05, 0.1) is 18.1 Å². The number of hydrogen-bond donors (Lipinski definition) is 1. The van der Waals surface area contributed by atoms with Crippen LogP contribution in [0.4, 0.5) is 0 Å². The number of hydrogen-bond acceptors (Lipinski definition) is 6. The maximum Gasteiger partial charge on any atom is 0.255 e. The molecule has 0 bridgehead atoms. The second kappa shape index (κ2) is 10.1. The lowest BCUT2D eigenvalue weighted by molar-refractivity contribution is -0.140. The molecular weight excluding hydrogens is 400 g/mol. The number of rotatable bonds is 8. The lowest BCUT2D eigenvalue weighted by Gasteiger charge is -2.37. The third-order valence-corrected chi connectivity index (χ3v) is 6.34. The second-order valence-corrected chi connectivity index (χ2v) is 8.11. The average molecular weight is 433 g/mol. The molecule has 1 N–H and O–H groups in total. The van der Waals surface area contributed by atoms with Crippen LogP contribution in [0, 0.1) is 5.41 Å². The fraction of sp³-hybridized carbons (Fsp3) is 0.636. The summed E-state index contributed by atoms with van der Waals surface area (Å²) in [5.74, 6) is 0.281. The van der Waals surface area contributed by atoms with Crippen molar-refractivity contribution in [2.75, 3.05) is 47.0 Å². The SMILES string of the molecule is CCN1C(=O)C2(CCN(C(=O)c3ccc(OC)nc3)CC2)CC1C(=O)NCCCOC. The highest BCUT2D eigenvalue weighted by Crippen LogP contribution is 2.44.